The molecular weight excluding hydrogens is 451 g/mol. The van der Waals surface area contributed by atoms with Crippen LogP contribution in [-0.2, 0) is 6.18 Å². The molecule has 180 valence electrons. The maximum atomic E-state index is 12.8. The summed E-state index contributed by atoms with van der Waals surface area (Å²) in [5, 5.41) is 13.9. The molecule has 2 amide bonds. The molecule has 0 saturated heterocycles. The Hall–Kier alpha value is -3.89. The van der Waals surface area contributed by atoms with Crippen LogP contribution in [0.15, 0.2) is 55.1 Å². The van der Waals surface area contributed by atoms with E-state index in [1.54, 1.807) is 41.7 Å². The van der Waals surface area contributed by atoms with Crippen molar-refractivity contribution in [1.82, 2.24) is 19.9 Å². The number of alkyl halides is 3. The van der Waals surface area contributed by atoms with Gasteiger partial charge in [-0.2, -0.15) is 13.2 Å². The molecule has 0 aliphatic rings. The summed E-state index contributed by atoms with van der Waals surface area (Å²) in [6, 6.07) is 9.69. The number of nitrogens with one attached hydrogen (secondary N) is 2. The molecular formula is C23H24F3N5O3. The van der Waals surface area contributed by atoms with Crippen molar-refractivity contribution in [3.8, 4) is 5.82 Å². The molecule has 0 aliphatic carbocycles. The highest BCUT2D eigenvalue weighted by molar-refractivity contribution is 6.02. The second-order valence-corrected chi connectivity index (χ2v) is 8.91. The van der Waals surface area contributed by atoms with Gasteiger partial charge in [-0.15, -0.1) is 0 Å². The van der Waals surface area contributed by atoms with Crippen LogP contribution >= 0.6 is 0 Å². The lowest BCUT2D eigenvalue weighted by Crippen LogP contribution is -2.28. The Kier molecular flexibility index (Phi) is 6.94. The summed E-state index contributed by atoms with van der Waals surface area (Å²) in [5.74, 6) is -0.429. The Labute approximate surface area is 193 Å². The molecule has 3 aromatic rings. The largest absolute Gasteiger partial charge is 0.465 e. The van der Waals surface area contributed by atoms with Gasteiger partial charge in [0, 0.05) is 11.8 Å². The highest BCUT2D eigenvalue weighted by Gasteiger charge is 2.33. The molecule has 1 atom stereocenters. The fraction of sp³-hybridized carbons (Fsp3) is 0.304. The molecule has 0 spiro atoms. The van der Waals surface area contributed by atoms with Crippen molar-refractivity contribution in [2.24, 2.45) is 5.41 Å². The van der Waals surface area contributed by atoms with Gasteiger partial charge < -0.3 is 10.4 Å². The SMILES string of the molecule is CC(C)(C)CC(Nc1ccc(-n2cnc(C(F)(F)F)c2)nc1)c1ccc(C(=O)NC(=O)O)cc1. The first-order valence-corrected chi connectivity index (χ1v) is 10.3. The van der Waals surface area contributed by atoms with E-state index < -0.39 is 23.9 Å². The van der Waals surface area contributed by atoms with Crippen LogP contribution in [0.5, 0.6) is 0 Å². The minimum absolute atomic E-state index is 0.0603. The number of nitrogens with zero attached hydrogens (tertiary/aromatic N) is 3. The predicted molar refractivity (Wildman–Crippen MR) is 119 cm³/mol. The number of benzene rings is 1. The normalized spacial score (nSPS) is 12.8. The number of hydrogen-bond donors (Lipinski definition) is 3. The number of imide groups is 1. The van der Waals surface area contributed by atoms with Crippen molar-refractivity contribution in [2.45, 2.75) is 39.4 Å². The zero-order chi connectivity index (χ0) is 25.1. The maximum absolute atomic E-state index is 12.8. The topological polar surface area (TPSA) is 109 Å². The number of carbonyl (C=O) groups is 2. The average molecular weight is 475 g/mol. The first-order chi connectivity index (χ1) is 15.8. The molecule has 3 N–H and O–H groups in total. The number of carboxylic acid groups (broad SMARTS) is 1. The molecule has 34 heavy (non-hydrogen) atoms. The molecule has 0 aliphatic heterocycles. The standard InChI is InChI=1S/C23H24F3N5O3/c1-22(2,3)10-17(14-4-6-15(7-5-14)20(32)30-21(33)34)29-16-8-9-19(27-11-16)31-12-18(28-13-31)23(24,25)26/h4-9,11-13,17,29H,10H2,1-3H3,(H,30,32)(H,33,34). The van der Waals surface area contributed by atoms with Gasteiger partial charge in [0.05, 0.1) is 17.9 Å². The van der Waals surface area contributed by atoms with Crippen molar-refractivity contribution >= 4 is 17.7 Å². The van der Waals surface area contributed by atoms with Crippen LogP contribution < -0.4 is 10.6 Å². The molecule has 3 rings (SSSR count). The summed E-state index contributed by atoms with van der Waals surface area (Å²) < 4.78 is 39.6. The van der Waals surface area contributed by atoms with E-state index in [-0.39, 0.29) is 22.8 Å². The lowest BCUT2D eigenvalue weighted by molar-refractivity contribution is -0.140. The monoisotopic (exact) mass is 475 g/mol. The Morgan fingerprint density at radius 1 is 1.06 bits per heavy atom. The van der Waals surface area contributed by atoms with Gasteiger partial charge in [0.2, 0.25) is 0 Å². The minimum Gasteiger partial charge on any atom is -0.465 e. The molecule has 0 bridgehead atoms. The van der Waals surface area contributed by atoms with E-state index in [0.717, 1.165) is 18.1 Å². The van der Waals surface area contributed by atoms with Crippen molar-refractivity contribution in [2.75, 3.05) is 5.32 Å². The van der Waals surface area contributed by atoms with Gasteiger partial charge in [-0.1, -0.05) is 32.9 Å². The number of aromatic nitrogens is 3. The van der Waals surface area contributed by atoms with E-state index in [9.17, 15) is 22.8 Å². The summed E-state index contributed by atoms with van der Waals surface area (Å²) in [6.45, 7) is 6.24. The third kappa shape index (κ3) is 6.56. The Morgan fingerprint density at radius 2 is 1.74 bits per heavy atom. The first-order valence-electron chi connectivity index (χ1n) is 10.3. The molecule has 11 heteroatoms. The van der Waals surface area contributed by atoms with Gasteiger partial charge >= 0.3 is 12.3 Å². The number of rotatable bonds is 6. The number of carbonyl (C=O) groups excluding carboxylic acids is 1. The lowest BCUT2D eigenvalue weighted by atomic mass is 9.85. The quantitative estimate of drug-likeness (QED) is 0.447. The van der Waals surface area contributed by atoms with Crippen LogP contribution in [0.25, 0.3) is 5.82 Å². The van der Waals surface area contributed by atoms with Gasteiger partial charge in [-0.05, 0) is 41.7 Å². The minimum atomic E-state index is -4.53. The molecule has 8 nitrogen and oxygen atoms in total. The predicted octanol–water partition coefficient (Wildman–Crippen LogP) is 5.28. The van der Waals surface area contributed by atoms with E-state index in [2.05, 4.69) is 36.1 Å². The second-order valence-electron chi connectivity index (χ2n) is 8.91. The smallest absolute Gasteiger partial charge is 0.434 e. The van der Waals surface area contributed by atoms with E-state index >= 15 is 0 Å². The van der Waals surface area contributed by atoms with Crippen LogP contribution in [0.3, 0.4) is 0 Å². The van der Waals surface area contributed by atoms with E-state index in [4.69, 9.17) is 5.11 Å². The van der Waals surface area contributed by atoms with Crippen LogP contribution in [0.1, 0.15) is 54.8 Å². The molecule has 1 unspecified atom stereocenters. The van der Waals surface area contributed by atoms with Gasteiger partial charge in [0.25, 0.3) is 5.91 Å². The summed E-state index contributed by atoms with van der Waals surface area (Å²) in [5.41, 5.74) is 0.680. The number of anilines is 1. The average Bonchev–Trinajstić information content (AvgIpc) is 3.23. The summed E-state index contributed by atoms with van der Waals surface area (Å²) >= 11 is 0. The highest BCUT2D eigenvalue weighted by atomic mass is 19.4. The fourth-order valence-electron chi connectivity index (χ4n) is 3.32. The second kappa shape index (κ2) is 9.54. The van der Waals surface area contributed by atoms with Crippen LogP contribution in [-0.4, -0.2) is 31.6 Å². The molecule has 0 saturated carbocycles. The lowest BCUT2D eigenvalue weighted by Gasteiger charge is -2.28. The Balaban J connectivity index is 1.79. The van der Waals surface area contributed by atoms with Crippen LogP contribution in [0.2, 0.25) is 0 Å². The zero-order valence-electron chi connectivity index (χ0n) is 18.7. The summed E-state index contributed by atoms with van der Waals surface area (Å²) in [6.07, 6.45) is -1.79. The number of pyridine rings is 1. The summed E-state index contributed by atoms with van der Waals surface area (Å²) in [4.78, 5) is 30.2. The van der Waals surface area contributed by atoms with E-state index in [0.29, 0.717) is 12.1 Å². The van der Waals surface area contributed by atoms with Gasteiger partial charge in [0.15, 0.2) is 5.69 Å². The summed E-state index contributed by atoms with van der Waals surface area (Å²) in [7, 11) is 0. The third-order valence-electron chi connectivity index (χ3n) is 4.84. The fourth-order valence-corrected chi connectivity index (χ4v) is 3.32. The molecule has 1 aromatic carbocycles. The van der Waals surface area contributed by atoms with Gasteiger partial charge in [-0.3, -0.25) is 14.7 Å². The zero-order valence-corrected chi connectivity index (χ0v) is 18.7. The van der Waals surface area contributed by atoms with E-state index in [1.807, 2.05) is 0 Å². The van der Waals surface area contributed by atoms with Crippen molar-refractivity contribution in [1.29, 1.82) is 0 Å². The maximum Gasteiger partial charge on any atom is 0.434 e. The van der Waals surface area contributed by atoms with Crippen molar-refractivity contribution in [3.63, 3.8) is 0 Å². The number of hydrogen-bond acceptors (Lipinski definition) is 5. The van der Waals surface area contributed by atoms with Gasteiger partial charge in [-0.25, -0.2) is 14.8 Å². The molecule has 2 heterocycles. The number of amides is 2. The number of halogens is 3. The van der Waals surface area contributed by atoms with Crippen LogP contribution in [0, 0.1) is 5.41 Å². The van der Waals surface area contributed by atoms with Crippen molar-refractivity contribution < 1.29 is 27.9 Å². The molecule has 2 aromatic heterocycles. The van der Waals surface area contributed by atoms with Gasteiger partial charge in [0.1, 0.15) is 12.1 Å². The first kappa shape index (κ1) is 24.7. The Bertz CT molecular complexity index is 1150. The highest BCUT2D eigenvalue weighted by Crippen LogP contribution is 2.33. The van der Waals surface area contributed by atoms with Crippen molar-refractivity contribution in [3.05, 3.63) is 71.9 Å². The molecule has 0 radical (unpaired) electrons. The van der Waals surface area contributed by atoms with Crippen LogP contribution in [0.4, 0.5) is 23.7 Å². The Morgan fingerprint density at radius 3 is 2.24 bits per heavy atom. The van der Waals surface area contributed by atoms with E-state index in [1.165, 1.54) is 10.8 Å². The number of imidazole rings is 1. The molecule has 0 fully saturated rings. The third-order valence-corrected chi connectivity index (χ3v) is 4.84.